The molecule has 2 unspecified atom stereocenters. The molecule has 0 saturated carbocycles. The van der Waals surface area contributed by atoms with Crippen molar-refractivity contribution in [2.45, 2.75) is 198 Å². The van der Waals surface area contributed by atoms with E-state index in [4.69, 9.17) is 18.9 Å². The van der Waals surface area contributed by atoms with Gasteiger partial charge in [0.1, 0.15) is 36.8 Å². The van der Waals surface area contributed by atoms with Gasteiger partial charge in [-0.25, -0.2) is 0 Å². The molecule has 1 aliphatic heterocycles. The minimum Gasteiger partial charge on any atom is -0.462 e. The smallest absolute Gasteiger partial charge is 0.306 e. The van der Waals surface area contributed by atoms with Crippen LogP contribution in [0.3, 0.4) is 0 Å². The molecule has 6 atom stereocenters. The van der Waals surface area contributed by atoms with Crippen LogP contribution < -0.4 is 0 Å². The van der Waals surface area contributed by atoms with E-state index in [2.05, 4.69) is 13.8 Å². The molecular weight excluding hydrogens is 656 g/mol. The maximum Gasteiger partial charge on any atom is 0.306 e. The molecule has 1 rings (SSSR count). The molecular formula is C36H68O12S. The Bertz CT molecular complexity index is 946. The molecule has 0 amide bonds. The molecule has 1 fully saturated rings. The molecule has 49 heavy (non-hydrogen) atoms. The Balaban J connectivity index is 2.50. The summed E-state index contributed by atoms with van der Waals surface area (Å²) in [6.07, 6.45) is 14.7. The quantitative estimate of drug-likeness (QED) is 0.0363. The second-order valence-corrected chi connectivity index (χ2v) is 15.1. The summed E-state index contributed by atoms with van der Waals surface area (Å²) in [4.78, 5) is 25.1. The van der Waals surface area contributed by atoms with Crippen LogP contribution in [-0.4, -0.2) is 96.0 Å². The van der Waals surface area contributed by atoms with Gasteiger partial charge in [0.05, 0.1) is 6.61 Å². The van der Waals surface area contributed by atoms with Crippen molar-refractivity contribution in [3.05, 3.63) is 0 Å². The van der Waals surface area contributed by atoms with Crippen LogP contribution in [0.4, 0.5) is 0 Å². The highest BCUT2D eigenvalue weighted by atomic mass is 32.2. The van der Waals surface area contributed by atoms with Crippen molar-refractivity contribution >= 4 is 22.1 Å². The molecule has 0 aromatic rings. The van der Waals surface area contributed by atoms with Gasteiger partial charge in [0.25, 0.3) is 10.1 Å². The third-order valence-electron chi connectivity index (χ3n) is 8.94. The number of carbonyl (C=O) groups is 2. The highest BCUT2D eigenvalue weighted by molar-refractivity contribution is 7.85. The van der Waals surface area contributed by atoms with Gasteiger partial charge in [-0.1, -0.05) is 136 Å². The molecule has 0 radical (unpaired) electrons. The molecule has 0 bridgehead atoms. The van der Waals surface area contributed by atoms with Crippen LogP contribution >= 0.6 is 0 Å². The summed E-state index contributed by atoms with van der Waals surface area (Å²) in [5, 5.41) is 30.7. The average molecular weight is 725 g/mol. The number of esters is 2. The molecule has 0 aromatic carbocycles. The maximum atomic E-state index is 12.6. The Hall–Kier alpha value is -1.35. The number of aliphatic hydroxyl groups excluding tert-OH is 3. The minimum atomic E-state index is -4.59. The topological polar surface area (TPSA) is 186 Å². The van der Waals surface area contributed by atoms with Gasteiger partial charge in [0.2, 0.25) is 0 Å². The lowest BCUT2D eigenvalue weighted by atomic mass is 10.00. The van der Waals surface area contributed by atoms with Gasteiger partial charge < -0.3 is 34.3 Å². The monoisotopic (exact) mass is 724 g/mol. The SMILES string of the molecule is CCCCCCCCCCCCCCCC(=O)OC[C@H](CO[C@H]1O[C@H](CS(=O)(=O)O)[C@@H](O)C(O)C1O)OC(=O)CCCCCCCCCC. The average Bonchev–Trinajstić information content (AvgIpc) is 3.05. The summed E-state index contributed by atoms with van der Waals surface area (Å²) in [5.41, 5.74) is 0. The standard InChI is InChI=1S/C36H68O12S/c1-3-5-7-9-11-13-14-15-16-17-19-20-22-24-31(37)45-26-29(47-32(38)25-23-21-18-12-10-8-6-4-2)27-46-36-35(41)34(40)33(39)30(48-36)28-49(42,43)44/h29-30,33-36,39-41H,3-28H2,1-2H3,(H,42,43,44)/t29-,30-,33-,34?,35?,36+/m1/s1. The molecule has 1 heterocycles. The zero-order valence-corrected chi connectivity index (χ0v) is 31.1. The van der Waals surface area contributed by atoms with E-state index in [-0.39, 0.29) is 19.4 Å². The van der Waals surface area contributed by atoms with Crippen molar-refractivity contribution in [1.82, 2.24) is 0 Å². The van der Waals surface area contributed by atoms with Crippen LogP contribution in [0, 0.1) is 0 Å². The highest BCUT2D eigenvalue weighted by Crippen LogP contribution is 2.24. The highest BCUT2D eigenvalue weighted by Gasteiger charge is 2.46. The van der Waals surface area contributed by atoms with E-state index in [1.54, 1.807) is 0 Å². The largest absolute Gasteiger partial charge is 0.462 e. The molecule has 1 saturated heterocycles. The summed E-state index contributed by atoms with van der Waals surface area (Å²) in [6, 6.07) is 0. The van der Waals surface area contributed by atoms with E-state index >= 15 is 0 Å². The number of unbranched alkanes of at least 4 members (excludes halogenated alkanes) is 19. The fourth-order valence-electron chi connectivity index (χ4n) is 5.91. The lowest BCUT2D eigenvalue weighted by molar-refractivity contribution is -0.297. The molecule has 0 aliphatic carbocycles. The molecule has 12 nitrogen and oxygen atoms in total. The third-order valence-corrected chi connectivity index (χ3v) is 9.69. The summed E-state index contributed by atoms with van der Waals surface area (Å²) in [7, 11) is -4.59. The van der Waals surface area contributed by atoms with Crippen LogP contribution in [-0.2, 0) is 38.7 Å². The van der Waals surface area contributed by atoms with Gasteiger partial charge in [-0.15, -0.1) is 0 Å². The van der Waals surface area contributed by atoms with Crippen LogP contribution in [0.1, 0.15) is 162 Å². The first-order valence-electron chi connectivity index (χ1n) is 19.1. The lowest BCUT2D eigenvalue weighted by Crippen LogP contribution is -2.60. The van der Waals surface area contributed by atoms with Gasteiger partial charge >= 0.3 is 11.9 Å². The summed E-state index contributed by atoms with van der Waals surface area (Å²) in [5.74, 6) is -1.98. The van der Waals surface area contributed by atoms with Gasteiger partial charge in [0, 0.05) is 12.8 Å². The van der Waals surface area contributed by atoms with E-state index in [9.17, 15) is 37.9 Å². The number of ether oxygens (including phenoxy) is 4. The molecule has 0 aromatic heterocycles. The number of hydrogen-bond acceptors (Lipinski definition) is 11. The Kier molecular flexibility index (Phi) is 26.3. The second-order valence-electron chi connectivity index (χ2n) is 13.6. The van der Waals surface area contributed by atoms with E-state index in [0.717, 1.165) is 38.5 Å². The van der Waals surface area contributed by atoms with Crippen LogP contribution in [0.25, 0.3) is 0 Å². The van der Waals surface area contributed by atoms with E-state index in [1.807, 2.05) is 0 Å². The normalized spacial score (nSPS) is 21.8. The number of aliphatic hydroxyl groups is 3. The number of carbonyl (C=O) groups excluding carboxylic acids is 2. The van der Waals surface area contributed by atoms with Crippen molar-refractivity contribution in [1.29, 1.82) is 0 Å². The zero-order chi connectivity index (χ0) is 36.3. The Morgan fingerprint density at radius 1 is 0.612 bits per heavy atom. The first kappa shape index (κ1) is 45.7. The van der Waals surface area contributed by atoms with Gasteiger partial charge in [-0.05, 0) is 12.8 Å². The van der Waals surface area contributed by atoms with Gasteiger partial charge in [0.15, 0.2) is 12.4 Å². The first-order chi connectivity index (χ1) is 23.5. The first-order valence-corrected chi connectivity index (χ1v) is 20.7. The zero-order valence-electron chi connectivity index (χ0n) is 30.3. The molecule has 290 valence electrons. The third kappa shape index (κ3) is 23.7. The van der Waals surface area contributed by atoms with Crippen molar-refractivity contribution in [3.8, 4) is 0 Å². The van der Waals surface area contributed by atoms with Crippen LogP contribution in [0.5, 0.6) is 0 Å². The van der Waals surface area contributed by atoms with Crippen molar-refractivity contribution in [2.75, 3.05) is 19.0 Å². The predicted molar refractivity (Wildman–Crippen MR) is 187 cm³/mol. The van der Waals surface area contributed by atoms with Gasteiger partial charge in [-0.3, -0.25) is 14.1 Å². The molecule has 0 spiro atoms. The summed E-state index contributed by atoms with van der Waals surface area (Å²) >= 11 is 0. The van der Waals surface area contributed by atoms with Gasteiger partial charge in [-0.2, -0.15) is 8.42 Å². The van der Waals surface area contributed by atoms with Crippen molar-refractivity contribution < 1.29 is 56.8 Å². The van der Waals surface area contributed by atoms with E-state index in [1.165, 1.54) is 83.5 Å². The lowest BCUT2D eigenvalue weighted by Gasteiger charge is -2.40. The molecule has 13 heteroatoms. The second kappa shape index (κ2) is 28.3. The number of hydrogen-bond donors (Lipinski definition) is 4. The molecule has 1 aliphatic rings. The summed E-state index contributed by atoms with van der Waals surface area (Å²) < 4.78 is 53.7. The van der Waals surface area contributed by atoms with E-state index < -0.39 is 71.2 Å². The fourth-order valence-corrected chi connectivity index (χ4v) is 6.60. The Morgan fingerprint density at radius 3 is 1.49 bits per heavy atom. The van der Waals surface area contributed by atoms with Crippen molar-refractivity contribution in [3.63, 3.8) is 0 Å². The van der Waals surface area contributed by atoms with Crippen molar-refractivity contribution in [2.24, 2.45) is 0 Å². The predicted octanol–water partition coefficient (Wildman–Crippen LogP) is 6.17. The Morgan fingerprint density at radius 2 is 1.04 bits per heavy atom. The maximum absolute atomic E-state index is 12.6. The van der Waals surface area contributed by atoms with Crippen LogP contribution in [0.2, 0.25) is 0 Å². The Labute approximate surface area is 295 Å². The summed E-state index contributed by atoms with van der Waals surface area (Å²) in [6.45, 7) is 3.69. The fraction of sp³-hybridized carbons (Fsp3) is 0.944. The van der Waals surface area contributed by atoms with E-state index in [0.29, 0.717) is 12.8 Å². The van der Waals surface area contributed by atoms with Crippen LogP contribution in [0.15, 0.2) is 0 Å². The number of rotatable bonds is 31. The molecule has 4 N–H and O–H groups in total. The minimum absolute atomic E-state index is 0.169.